The number of nitrogens with zero attached hydrogens (tertiary/aromatic N) is 2. The van der Waals surface area contributed by atoms with E-state index in [2.05, 4.69) is 17.6 Å². The molecule has 2 bridgehead atoms. The Morgan fingerprint density at radius 2 is 1.77 bits per heavy atom. The van der Waals surface area contributed by atoms with Crippen LogP contribution in [0.5, 0.6) is 5.75 Å². The van der Waals surface area contributed by atoms with E-state index in [0.717, 1.165) is 36.3 Å². The van der Waals surface area contributed by atoms with Gasteiger partial charge in [-0.2, -0.15) is 0 Å². The van der Waals surface area contributed by atoms with E-state index in [1.54, 1.807) is 17.0 Å². The summed E-state index contributed by atoms with van der Waals surface area (Å²) in [7, 11) is 0. The second-order valence-corrected chi connectivity index (χ2v) is 10.5. The van der Waals surface area contributed by atoms with E-state index >= 15 is 0 Å². The van der Waals surface area contributed by atoms with Crippen molar-refractivity contribution in [3.8, 4) is 5.75 Å². The van der Waals surface area contributed by atoms with Crippen LogP contribution < -0.4 is 20.9 Å². The molecule has 8 nitrogen and oxygen atoms in total. The first kappa shape index (κ1) is 26.5. The van der Waals surface area contributed by atoms with Gasteiger partial charge in [0, 0.05) is 49.4 Å². The van der Waals surface area contributed by atoms with Crippen molar-refractivity contribution in [1.29, 1.82) is 0 Å². The minimum absolute atomic E-state index is 0.0141. The minimum atomic E-state index is -0.753. The molecule has 1 aromatic heterocycles. The maximum atomic E-state index is 13.5. The quantitative estimate of drug-likeness (QED) is 0.403. The van der Waals surface area contributed by atoms with Crippen LogP contribution in [0.15, 0.2) is 77.6 Å². The smallest absolute Gasteiger partial charge is 0.318 e. The van der Waals surface area contributed by atoms with Crippen molar-refractivity contribution in [2.45, 2.75) is 51.1 Å². The van der Waals surface area contributed by atoms with Crippen LogP contribution in [0.3, 0.4) is 0 Å². The Balaban J connectivity index is 1.27. The number of amides is 3. The summed E-state index contributed by atoms with van der Waals surface area (Å²) < 4.78 is 7.57. The van der Waals surface area contributed by atoms with Crippen molar-refractivity contribution in [2.75, 3.05) is 25.0 Å². The van der Waals surface area contributed by atoms with Gasteiger partial charge in [-0.15, -0.1) is 0 Å². The lowest BCUT2D eigenvalue weighted by Gasteiger charge is -2.43. The van der Waals surface area contributed by atoms with Crippen LogP contribution in [0.1, 0.15) is 43.4 Å². The topological polar surface area (TPSA) is 92.7 Å². The second kappa shape index (κ2) is 12.2. The Labute approximate surface area is 229 Å². The number of piperidine rings is 1. The van der Waals surface area contributed by atoms with Crippen molar-refractivity contribution in [2.24, 2.45) is 5.92 Å². The number of likely N-dealkylation sites (tertiary alicyclic amines) is 1. The summed E-state index contributed by atoms with van der Waals surface area (Å²) in [6.45, 7) is 4.47. The second-order valence-electron chi connectivity index (χ2n) is 10.5. The molecule has 39 heavy (non-hydrogen) atoms. The molecule has 2 aliphatic rings. The van der Waals surface area contributed by atoms with E-state index in [9.17, 15) is 14.4 Å². The first-order valence-electron chi connectivity index (χ1n) is 13.8. The maximum Gasteiger partial charge on any atom is 0.318 e. The summed E-state index contributed by atoms with van der Waals surface area (Å²) in [5.74, 6) is 0.800. The molecule has 0 aliphatic carbocycles. The lowest BCUT2D eigenvalue weighted by Crippen LogP contribution is -2.55. The number of hydrogen-bond acceptors (Lipinski definition) is 4. The molecule has 8 heteroatoms. The van der Waals surface area contributed by atoms with E-state index in [-0.39, 0.29) is 29.3 Å². The van der Waals surface area contributed by atoms with Gasteiger partial charge in [0.1, 0.15) is 11.8 Å². The number of benzene rings is 2. The number of rotatable bonds is 9. The van der Waals surface area contributed by atoms with Gasteiger partial charge in [-0.1, -0.05) is 49.7 Å². The van der Waals surface area contributed by atoms with E-state index < -0.39 is 6.04 Å². The fourth-order valence-electron chi connectivity index (χ4n) is 5.56. The molecule has 2 aliphatic heterocycles. The molecular formula is C31H36N4O4. The lowest BCUT2D eigenvalue weighted by molar-refractivity contribution is -0.118. The third-order valence-electron chi connectivity index (χ3n) is 7.55. The number of unbranched alkanes of at least 4 members (excludes halogenated alkanes) is 1. The van der Waals surface area contributed by atoms with Gasteiger partial charge in [0.15, 0.2) is 0 Å². The molecule has 2 aromatic carbocycles. The van der Waals surface area contributed by atoms with Gasteiger partial charge in [-0.05, 0) is 54.7 Å². The molecule has 2 N–H and O–H groups in total. The Bertz CT molecular complexity index is 1340. The number of nitrogens with one attached hydrogen (secondary N) is 2. The molecular weight excluding hydrogens is 492 g/mol. The zero-order valence-electron chi connectivity index (χ0n) is 22.3. The summed E-state index contributed by atoms with van der Waals surface area (Å²) in [4.78, 5) is 41.0. The van der Waals surface area contributed by atoms with Gasteiger partial charge in [-0.25, -0.2) is 4.79 Å². The number of fused-ring (bicyclic) bond motifs is 4. The summed E-state index contributed by atoms with van der Waals surface area (Å²) >= 11 is 0. The van der Waals surface area contributed by atoms with Crippen LogP contribution >= 0.6 is 0 Å². The zero-order chi connectivity index (χ0) is 27.2. The van der Waals surface area contributed by atoms with Crippen LogP contribution in [0, 0.1) is 5.92 Å². The number of carbonyl (C=O) groups is 2. The number of pyridine rings is 1. The number of urea groups is 1. The van der Waals surface area contributed by atoms with E-state index in [4.69, 9.17) is 4.74 Å². The van der Waals surface area contributed by atoms with Crippen LogP contribution in [0.25, 0.3) is 0 Å². The number of anilines is 1. The highest BCUT2D eigenvalue weighted by atomic mass is 16.5. The number of hydrogen-bond donors (Lipinski definition) is 2. The molecule has 1 saturated heterocycles. The molecule has 3 atom stereocenters. The van der Waals surface area contributed by atoms with Crippen LogP contribution in [-0.4, -0.2) is 47.1 Å². The fraction of sp³-hybridized carbons (Fsp3) is 0.387. The predicted molar refractivity (Wildman–Crippen MR) is 151 cm³/mol. The van der Waals surface area contributed by atoms with Crippen LogP contribution in [0.2, 0.25) is 0 Å². The van der Waals surface area contributed by atoms with Crippen molar-refractivity contribution in [3.63, 3.8) is 0 Å². The molecule has 0 spiro atoms. The molecule has 3 aromatic rings. The molecule has 0 unspecified atom stereocenters. The standard InChI is InChI=1S/C31H36N4O4/c1-2-3-16-39-26-14-12-25(13-15-26)32-30(37)27(18-22-8-5-4-6-9-22)33-31(38)34-19-23-17-24(21-34)28-10-7-11-29(36)35(28)20-23/h4-15,23-24,27H,2-3,16-21H2,1H3,(H,32,37)(H,33,38)/t23-,24+,27-/m0/s1. The average molecular weight is 529 g/mol. The van der Waals surface area contributed by atoms with Crippen LogP contribution in [-0.2, 0) is 17.8 Å². The monoisotopic (exact) mass is 528 g/mol. The number of carbonyl (C=O) groups excluding carboxylic acids is 2. The average Bonchev–Trinajstić information content (AvgIpc) is 2.95. The zero-order valence-corrected chi connectivity index (χ0v) is 22.3. The Morgan fingerprint density at radius 1 is 0.974 bits per heavy atom. The SMILES string of the molecule is CCCCOc1ccc(NC(=O)[C@H](Cc2ccccc2)NC(=O)N2C[C@@H]3C[C@H](C2)c2cccc(=O)n2C3)cc1. The normalized spacial score (nSPS) is 18.5. The highest BCUT2D eigenvalue weighted by Crippen LogP contribution is 2.35. The first-order valence-corrected chi connectivity index (χ1v) is 13.8. The number of ether oxygens (including phenoxy) is 1. The molecule has 1 fully saturated rings. The van der Waals surface area contributed by atoms with Crippen molar-refractivity contribution in [3.05, 3.63) is 94.4 Å². The highest BCUT2D eigenvalue weighted by molar-refractivity contribution is 5.97. The third-order valence-corrected chi connectivity index (χ3v) is 7.55. The summed E-state index contributed by atoms with van der Waals surface area (Å²) in [6, 6.07) is 21.3. The van der Waals surface area contributed by atoms with Crippen LogP contribution in [0.4, 0.5) is 10.5 Å². The molecule has 5 rings (SSSR count). The summed E-state index contributed by atoms with van der Waals surface area (Å²) in [5, 5.41) is 5.97. The molecule has 204 valence electrons. The van der Waals surface area contributed by atoms with Crippen molar-refractivity contribution in [1.82, 2.24) is 14.8 Å². The third kappa shape index (κ3) is 6.50. The lowest BCUT2D eigenvalue weighted by atomic mass is 9.83. The van der Waals surface area contributed by atoms with E-state index in [1.165, 1.54) is 0 Å². The molecule has 3 amide bonds. The van der Waals surface area contributed by atoms with Gasteiger partial charge in [0.05, 0.1) is 6.61 Å². The van der Waals surface area contributed by atoms with Crippen molar-refractivity contribution < 1.29 is 14.3 Å². The van der Waals surface area contributed by atoms with E-state index in [0.29, 0.717) is 38.3 Å². The van der Waals surface area contributed by atoms with Gasteiger partial charge in [0.25, 0.3) is 5.56 Å². The van der Waals surface area contributed by atoms with Gasteiger partial charge < -0.3 is 24.8 Å². The molecule has 0 saturated carbocycles. The van der Waals surface area contributed by atoms with Gasteiger partial charge in [0.2, 0.25) is 5.91 Å². The fourth-order valence-corrected chi connectivity index (χ4v) is 5.56. The Hall–Kier alpha value is -4.07. The predicted octanol–water partition coefficient (Wildman–Crippen LogP) is 4.41. The minimum Gasteiger partial charge on any atom is -0.494 e. The Kier molecular flexibility index (Phi) is 8.30. The molecule has 3 heterocycles. The van der Waals surface area contributed by atoms with E-state index in [1.807, 2.05) is 65.2 Å². The largest absolute Gasteiger partial charge is 0.494 e. The number of aromatic nitrogens is 1. The maximum absolute atomic E-state index is 13.5. The van der Waals surface area contributed by atoms with Crippen molar-refractivity contribution >= 4 is 17.6 Å². The summed E-state index contributed by atoms with van der Waals surface area (Å²) in [6.07, 6.45) is 3.38. The van der Waals surface area contributed by atoms with Gasteiger partial charge in [-0.3, -0.25) is 9.59 Å². The van der Waals surface area contributed by atoms with Gasteiger partial charge >= 0.3 is 6.03 Å². The summed E-state index contributed by atoms with van der Waals surface area (Å²) in [5.41, 5.74) is 2.60. The molecule has 0 radical (unpaired) electrons. The first-order chi connectivity index (χ1) is 19.0. The highest BCUT2D eigenvalue weighted by Gasteiger charge is 2.37. The Morgan fingerprint density at radius 3 is 2.54 bits per heavy atom.